The van der Waals surface area contributed by atoms with Crippen LogP contribution >= 0.6 is 0 Å². The molecule has 0 radical (unpaired) electrons. The van der Waals surface area contributed by atoms with E-state index in [1.165, 1.54) is 24.3 Å². The average Bonchev–Trinajstić information content (AvgIpc) is 2.99. The zero-order valence-corrected chi connectivity index (χ0v) is 23.4. The number of nitrogens with one attached hydrogen (secondary N) is 1. The van der Waals surface area contributed by atoms with Crippen molar-refractivity contribution in [1.82, 2.24) is 9.80 Å². The van der Waals surface area contributed by atoms with Gasteiger partial charge >= 0.3 is 0 Å². The maximum absolute atomic E-state index is 13.6. The van der Waals surface area contributed by atoms with E-state index in [1.807, 2.05) is 62.1 Å². The molecule has 3 aromatic carbocycles. The molecule has 1 heterocycles. The van der Waals surface area contributed by atoms with Gasteiger partial charge < -0.3 is 20.0 Å². The topological polar surface area (TPSA) is 73.0 Å². The molecule has 210 valence electrons. The monoisotopic (exact) mass is 544 g/mol. The summed E-state index contributed by atoms with van der Waals surface area (Å²) in [5.74, 6) is -0.959. The van der Waals surface area contributed by atoms with Gasteiger partial charge in [0.1, 0.15) is 5.82 Å². The predicted octanol–water partition coefficient (Wildman–Crippen LogP) is 5.40. The number of piperazine rings is 1. The fraction of sp³-hybridized carbons (Fsp3) is 0.344. The van der Waals surface area contributed by atoms with Crippen LogP contribution in [0.1, 0.15) is 59.4 Å². The van der Waals surface area contributed by atoms with E-state index < -0.39 is 5.82 Å². The summed E-state index contributed by atoms with van der Waals surface area (Å²) in [5, 5.41) is 2.83. The van der Waals surface area contributed by atoms with Crippen molar-refractivity contribution in [2.75, 3.05) is 49.5 Å². The minimum atomic E-state index is -0.417. The van der Waals surface area contributed by atoms with E-state index in [0.717, 1.165) is 17.7 Å². The molecule has 0 aromatic heterocycles. The van der Waals surface area contributed by atoms with Gasteiger partial charge in [-0.2, -0.15) is 0 Å². The van der Waals surface area contributed by atoms with E-state index in [9.17, 15) is 18.8 Å². The van der Waals surface area contributed by atoms with Crippen molar-refractivity contribution in [1.29, 1.82) is 0 Å². The maximum Gasteiger partial charge on any atom is 0.256 e. The van der Waals surface area contributed by atoms with Gasteiger partial charge in [-0.15, -0.1) is 0 Å². The number of hydrogen-bond acceptors (Lipinski definition) is 4. The predicted molar refractivity (Wildman–Crippen MR) is 156 cm³/mol. The molecule has 0 saturated carbocycles. The van der Waals surface area contributed by atoms with Crippen LogP contribution in [0.4, 0.5) is 15.8 Å². The Bertz CT molecular complexity index is 1320. The van der Waals surface area contributed by atoms with E-state index in [2.05, 4.69) is 10.2 Å². The van der Waals surface area contributed by atoms with Crippen LogP contribution in [0.15, 0.2) is 72.8 Å². The highest BCUT2D eigenvalue weighted by Gasteiger charge is 2.29. The van der Waals surface area contributed by atoms with Gasteiger partial charge in [-0.1, -0.05) is 37.3 Å². The molecular formula is C32H37FN4O3. The largest absolute Gasteiger partial charge is 0.367 e. The molecule has 8 heteroatoms. The summed E-state index contributed by atoms with van der Waals surface area (Å²) in [7, 11) is 0. The molecule has 1 unspecified atom stereocenters. The van der Waals surface area contributed by atoms with Crippen molar-refractivity contribution >= 4 is 29.1 Å². The lowest BCUT2D eigenvalue weighted by Crippen LogP contribution is -2.50. The second-order valence-electron chi connectivity index (χ2n) is 9.85. The van der Waals surface area contributed by atoms with Crippen molar-refractivity contribution in [3.05, 3.63) is 95.3 Å². The lowest BCUT2D eigenvalue weighted by molar-refractivity contribution is -0.133. The number of carbonyl (C=O) groups is 3. The number of rotatable bonds is 9. The van der Waals surface area contributed by atoms with Gasteiger partial charge in [0.05, 0.1) is 11.5 Å². The molecule has 7 nitrogen and oxygen atoms in total. The molecule has 0 spiro atoms. The molecule has 3 aromatic rings. The highest BCUT2D eigenvalue weighted by molar-refractivity contribution is 6.06. The van der Waals surface area contributed by atoms with Gasteiger partial charge in [-0.3, -0.25) is 14.4 Å². The number of carbonyl (C=O) groups excluding carboxylic acids is 3. The average molecular weight is 545 g/mol. The van der Waals surface area contributed by atoms with Crippen molar-refractivity contribution in [3.8, 4) is 0 Å². The Balaban J connectivity index is 1.53. The van der Waals surface area contributed by atoms with Crippen LogP contribution in [0.3, 0.4) is 0 Å². The molecule has 0 bridgehead atoms. The van der Waals surface area contributed by atoms with Gasteiger partial charge in [-0.05, 0) is 68.3 Å². The van der Waals surface area contributed by atoms with E-state index in [4.69, 9.17) is 0 Å². The maximum atomic E-state index is 13.6. The van der Waals surface area contributed by atoms with Crippen LogP contribution in [-0.4, -0.2) is 66.8 Å². The van der Waals surface area contributed by atoms with Crippen LogP contribution < -0.4 is 10.2 Å². The summed E-state index contributed by atoms with van der Waals surface area (Å²) >= 11 is 0. The standard InChI is InChI=1S/C32H37FN4O3/c1-4-27(23-10-8-7-9-11-23)31(39)37-20-18-36(19-21-37)29-17-16-26(22-28(29)32(40)35(5-2)6-3)34-30(38)24-12-14-25(33)15-13-24/h7-17,22,27H,4-6,18-21H2,1-3H3,(H,34,38). The highest BCUT2D eigenvalue weighted by Crippen LogP contribution is 2.29. The minimum Gasteiger partial charge on any atom is -0.367 e. The second-order valence-corrected chi connectivity index (χ2v) is 9.85. The first-order valence-corrected chi connectivity index (χ1v) is 13.9. The molecule has 1 saturated heterocycles. The molecular weight excluding hydrogens is 507 g/mol. The van der Waals surface area contributed by atoms with E-state index >= 15 is 0 Å². The van der Waals surface area contributed by atoms with Gasteiger partial charge in [0, 0.05) is 56.2 Å². The van der Waals surface area contributed by atoms with Crippen molar-refractivity contribution in [2.45, 2.75) is 33.1 Å². The summed E-state index contributed by atoms with van der Waals surface area (Å²) < 4.78 is 13.3. The molecule has 4 rings (SSSR count). The fourth-order valence-electron chi connectivity index (χ4n) is 5.17. The van der Waals surface area contributed by atoms with Crippen molar-refractivity contribution in [2.24, 2.45) is 0 Å². The molecule has 3 amide bonds. The quantitative estimate of drug-likeness (QED) is 0.391. The number of halogens is 1. The highest BCUT2D eigenvalue weighted by atomic mass is 19.1. The van der Waals surface area contributed by atoms with Crippen molar-refractivity contribution < 1.29 is 18.8 Å². The second kappa shape index (κ2) is 13.2. The van der Waals surface area contributed by atoms with Gasteiger partial charge in [0.2, 0.25) is 5.91 Å². The Labute approximate surface area is 235 Å². The normalized spacial score (nSPS) is 14.0. The third-order valence-electron chi connectivity index (χ3n) is 7.48. The number of hydrogen-bond donors (Lipinski definition) is 1. The first-order valence-electron chi connectivity index (χ1n) is 13.9. The zero-order chi connectivity index (χ0) is 28.6. The molecule has 0 aliphatic carbocycles. The molecule has 1 fully saturated rings. The lowest BCUT2D eigenvalue weighted by Gasteiger charge is -2.38. The van der Waals surface area contributed by atoms with Crippen LogP contribution in [0, 0.1) is 5.82 Å². The van der Waals surface area contributed by atoms with E-state index in [0.29, 0.717) is 56.1 Å². The van der Waals surface area contributed by atoms with Gasteiger partial charge in [0.15, 0.2) is 0 Å². The Kier molecular flexibility index (Phi) is 9.53. The number of amides is 3. The van der Waals surface area contributed by atoms with Crippen molar-refractivity contribution in [3.63, 3.8) is 0 Å². The number of nitrogens with zero attached hydrogens (tertiary/aromatic N) is 3. The van der Waals surface area contributed by atoms with Gasteiger partial charge in [0.25, 0.3) is 11.8 Å². The Morgan fingerprint density at radius 1 is 0.875 bits per heavy atom. The summed E-state index contributed by atoms with van der Waals surface area (Å²) in [5.41, 5.74) is 3.11. The molecule has 1 atom stereocenters. The summed E-state index contributed by atoms with van der Waals surface area (Å²) in [6.45, 7) is 9.32. The number of benzene rings is 3. The number of anilines is 2. The Morgan fingerprint density at radius 2 is 1.52 bits per heavy atom. The van der Waals surface area contributed by atoms with Crippen LogP contribution in [0.25, 0.3) is 0 Å². The summed E-state index contributed by atoms with van der Waals surface area (Å²) in [6, 6.07) is 20.5. The van der Waals surface area contributed by atoms with E-state index in [1.54, 1.807) is 17.0 Å². The minimum absolute atomic E-state index is 0.119. The first-order chi connectivity index (χ1) is 19.4. The molecule has 40 heavy (non-hydrogen) atoms. The fourth-order valence-corrected chi connectivity index (χ4v) is 5.17. The van der Waals surface area contributed by atoms with Gasteiger partial charge in [-0.25, -0.2) is 4.39 Å². The van der Waals surface area contributed by atoms with Crippen LogP contribution in [0.5, 0.6) is 0 Å². The first kappa shape index (κ1) is 28.8. The van der Waals surface area contributed by atoms with Crippen LogP contribution in [-0.2, 0) is 4.79 Å². The molecule has 1 N–H and O–H groups in total. The van der Waals surface area contributed by atoms with Crippen LogP contribution in [0.2, 0.25) is 0 Å². The molecule has 1 aliphatic heterocycles. The smallest absolute Gasteiger partial charge is 0.256 e. The SMILES string of the molecule is CCC(C(=O)N1CCN(c2ccc(NC(=O)c3ccc(F)cc3)cc2C(=O)N(CC)CC)CC1)c1ccccc1. The lowest BCUT2D eigenvalue weighted by atomic mass is 9.94. The Morgan fingerprint density at radius 3 is 2.12 bits per heavy atom. The zero-order valence-electron chi connectivity index (χ0n) is 23.4. The summed E-state index contributed by atoms with van der Waals surface area (Å²) in [4.78, 5) is 45.5. The Hall–Kier alpha value is -4.20. The van der Waals surface area contributed by atoms with E-state index in [-0.39, 0.29) is 23.6 Å². The summed E-state index contributed by atoms with van der Waals surface area (Å²) in [6.07, 6.45) is 0.733. The third kappa shape index (κ3) is 6.50. The molecule has 1 aliphatic rings. The third-order valence-corrected chi connectivity index (χ3v) is 7.48.